The maximum absolute atomic E-state index is 11.7. The highest BCUT2D eigenvalue weighted by Crippen LogP contribution is 2.14. The predicted molar refractivity (Wildman–Crippen MR) is 80.6 cm³/mol. The number of amides is 3. The van der Waals surface area contributed by atoms with Crippen molar-refractivity contribution in [3.05, 3.63) is 24.3 Å². The van der Waals surface area contributed by atoms with Crippen LogP contribution in [0.4, 0.5) is 16.2 Å². The lowest BCUT2D eigenvalue weighted by molar-refractivity contribution is -0.116. The minimum Gasteiger partial charge on any atom is -0.341 e. The summed E-state index contributed by atoms with van der Waals surface area (Å²) in [4.78, 5) is 22.8. The molecule has 0 aliphatic heterocycles. The van der Waals surface area contributed by atoms with Gasteiger partial charge in [-0.3, -0.25) is 4.79 Å². The number of urea groups is 1. The third-order valence-electron chi connectivity index (χ3n) is 2.92. The van der Waals surface area contributed by atoms with Crippen molar-refractivity contribution < 1.29 is 9.59 Å². The second-order valence-corrected chi connectivity index (χ2v) is 4.71. The average Bonchev–Trinajstić information content (AvgIpc) is 2.46. The Morgan fingerprint density at radius 1 is 1.15 bits per heavy atom. The third kappa shape index (κ3) is 5.71. The summed E-state index contributed by atoms with van der Waals surface area (Å²) < 4.78 is 0. The van der Waals surface area contributed by atoms with E-state index in [0.29, 0.717) is 30.3 Å². The number of nitrogens with one attached hydrogen (secondary N) is 3. The fourth-order valence-corrected chi connectivity index (χ4v) is 1.55. The van der Waals surface area contributed by atoms with Gasteiger partial charge in [0.2, 0.25) is 5.91 Å². The molecule has 6 nitrogen and oxygen atoms in total. The SMILES string of the molecule is CNC(=O)Nc1ccc(NC(=O)CCC(C)CN)cc1. The van der Waals surface area contributed by atoms with Gasteiger partial charge in [0.25, 0.3) is 0 Å². The van der Waals surface area contributed by atoms with Gasteiger partial charge in [-0.2, -0.15) is 0 Å². The summed E-state index contributed by atoms with van der Waals surface area (Å²) in [5.41, 5.74) is 6.88. The molecule has 0 aliphatic carbocycles. The molecule has 1 rings (SSSR count). The first-order valence-electron chi connectivity index (χ1n) is 6.64. The molecule has 1 atom stereocenters. The van der Waals surface area contributed by atoms with Crippen molar-refractivity contribution in [2.24, 2.45) is 11.7 Å². The van der Waals surface area contributed by atoms with E-state index in [4.69, 9.17) is 5.73 Å². The molecule has 0 aromatic heterocycles. The van der Waals surface area contributed by atoms with E-state index in [0.717, 1.165) is 6.42 Å². The van der Waals surface area contributed by atoms with Crippen molar-refractivity contribution in [1.29, 1.82) is 0 Å². The summed E-state index contributed by atoms with van der Waals surface area (Å²) in [6.45, 7) is 2.61. The number of rotatable bonds is 6. The van der Waals surface area contributed by atoms with E-state index in [1.54, 1.807) is 31.3 Å². The highest BCUT2D eigenvalue weighted by atomic mass is 16.2. The van der Waals surface area contributed by atoms with Crippen molar-refractivity contribution in [2.75, 3.05) is 24.2 Å². The Labute approximate surface area is 119 Å². The Bertz CT molecular complexity index is 445. The van der Waals surface area contributed by atoms with Crippen molar-refractivity contribution >= 4 is 23.3 Å². The lowest BCUT2D eigenvalue weighted by Crippen LogP contribution is -2.24. The van der Waals surface area contributed by atoms with Crippen molar-refractivity contribution in [3.63, 3.8) is 0 Å². The van der Waals surface area contributed by atoms with Crippen LogP contribution in [0.15, 0.2) is 24.3 Å². The highest BCUT2D eigenvalue weighted by molar-refractivity contribution is 5.92. The Morgan fingerprint density at radius 2 is 1.70 bits per heavy atom. The molecule has 0 heterocycles. The van der Waals surface area contributed by atoms with Gasteiger partial charge < -0.3 is 21.7 Å². The summed E-state index contributed by atoms with van der Waals surface area (Å²) in [6.07, 6.45) is 1.23. The summed E-state index contributed by atoms with van der Waals surface area (Å²) in [5.74, 6) is 0.317. The van der Waals surface area contributed by atoms with Crippen molar-refractivity contribution in [3.8, 4) is 0 Å². The molecule has 0 aliphatic rings. The average molecular weight is 278 g/mol. The number of anilines is 2. The van der Waals surface area contributed by atoms with E-state index < -0.39 is 0 Å². The van der Waals surface area contributed by atoms with E-state index in [1.165, 1.54) is 0 Å². The van der Waals surface area contributed by atoms with Crippen LogP contribution < -0.4 is 21.7 Å². The number of carbonyl (C=O) groups is 2. The largest absolute Gasteiger partial charge is 0.341 e. The van der Waals surface area contributed by atoms with Crippen molar-refractivity contribution in [1.82, 2.24) is 5.32 Å². The topological polar surface area (TPSA) is 96.2 Å². The van der Waals surface area contributed by atoms with E-state index in [-0.39, 0.29) is 11.9 Å². The molecule has 3 amide bonds. The Morgan fingerprint density at radius 3 is 2.20 bits per heavy atom. The van der Waals surface area contributed by atoms with Crippen LogP contribution in [0.25, 0.3) is 0 Å². The van der Waals surface area contributed by atoms with Crippen LogP contribution in [0.3, 0.4) is 0 Å². The predicted octanol–water partition coefficient (Wildman–Crippen LogP) is 1.75. The van der Waals surface area contributed by atoms with Gasteiger partial charge in [-0.15, -0.1) is 0 Å². The fraction of sp³-hybridized carbons (Fsp3) is 0.429. The summed E-state index contributed by atoms with van der Waals surface area (Å²) in [6, 6.07) is 6.67. The van der Waals surface area contributed by atoms with Gasteiger partial charge in [-0.25, -0.2) is 4.79 Å². The van der Waals surface area contributed by atoms with E-state index in [2.05, 4.69) is 16.0 Å². The normalized spacial score (nSPS) is 11.6. The maximum Gasteiger partial charge on any atom is 0.318 e. The van der Waals surface area contributed by atoms with Gasteiger partial charge in [0, 0.05) is 24.8 Å². The lowest BCUT2D eigenvalue weighted by atomic mass is 10.1. The smallest absolute Gasteiger partial charge is 0.318 e. The van der Waals surface area contributed by atoms with E-state index >= 15 is 0 Å². The molecule has 20 heavy (non-hydrogen) atoms. The van der Waals surface area contributed by atoms with Crippen LogP contribution in [-0.2, 0) is 4.79 Å². The minimum absolute atomic E-state index is 0.0303. The first kappa shape index (κ1) is 16.0. The van der Waals surface area contributed by atoms with Gasteiger partial charge in [0.05, 0.1) is 0 Å². The number of nitrogens with two attached hydrogens (primary N) is 1. The van der Waals surface area contributed by atoms with Crippen LogP contribution in [0, 0.1) is 5.92 Å². The molecule has 1 aromatic rings. The molecule has 0 fully saturated rings. The molecule has 1 unspecified atom stereocenters. The molecular formula is C14H22N4O2. The number of carbonyl (C=O) groups excluding carboxylic acids is 2. The zero-order chi connectivity index (χ0) is 15.0. The maximum atomic E-state index is 11.7. The summed E-state index contributed by atoms with van der Waals surface area (Å²) >= 11 is 0. The zero-order valence-corrected chi connectivity index (χ0v) is 11.9. The first-order chi connectivity index (χ1) is 9.55. The highest BCUT2D eigenvalue weighted by Gasteiger charge is 2.06. The Kier molecular flexibility index (Phi) is 6.52. The molecule has 0 bridgehead atoms. The summed E-state index contributed by atoms with van der Waals surface area (Å²) in [7, 11) is 1.55. The van der Waals surface area contributed by atoms with Crippen molar-refractivity contribution in [2.45, 2.75) is 19.8 Å². The first-order valence-corrected chi connectivity index (χ1v) is 6.64. The quantitative estimate of drug-likeness (QED) is 0.638. The van der Waals surface area contributed by atoms with Crippen LogP contribution in [0.5, 0.6) is 0 Å². The molecule has 0 saturated carbocycles. The minimum atomic E-state index is -0.280. The van der Waals surface area contributed by atoms with Gasteiger partial charge in [0.1, 0.15) is 0 Å². The Balaban J connectivity index is 2.44. The molecule has 110 valence electrons. The molecule has 6 heteroatoms. The fourth-order valence-electron chi connectivity index (χ4n) is 1.55. The third-order valence-corrected chi connectivity index (χ3v) is 2.92. The summed E-state index contributed by atoms with van der Waals surface area (Å²) in [5, 5.41) is 7.91. The molecular weight excluding hydrogens is 256 g/mol. The molecule has 0 radical (unpaired) electrons. The second kappa shape index (κ2) is 8.16. The molecule has 5 N–H and O–H groups in total. The van der Waals surface area contributed by atoms with Gasteiger partial charge >= 0.3 is 6.03 Å². The number of hydrogen-bond acceptors (Lipinski definition) is 3. The lowest BCUT2D eigenvalue weighted by Gasteiger charge is -2.09. The van der Waals surface area contributed by atoms with Crippen LogP contribution >= 0.6 is 0 Å². The number of benzene rings is 1. The molecule has 0 spiro atoms. The molecule has 1 aromatic carbocycles. The van der Waals surface area contributed by atoms with E-state index in [9.17, 15) is 9.59 Å². The van der Waals surface area contributed by atoms with E-state index in [1.807, 2.05) is 6.92 Å². The molecule has 0 saturated heterocycles. The van der Waals surface area contributed by atoms with Gasteiger partial charge in [-0.05, 0) is 43.1 Å². The van der Waals surface area contributed by atoms with Crippen LogP contribution in [0.2, 0.25) is 0 Å². The Hall–Kier alpha value is -2.08. The van der Waals surface area contributed by atoms with Gasteiger partial charge in [-0.1, -0.05) is 6.92 Å². The second-order valence-electron chi connectivity index (χ2n) is 4.71. The zero-order valence-electron chi connectivity index (χ0n) is 11.9. The number of hydrogen-bond donors (Lipinski definition) is 4. The van der Waals surface area contributed by atoms with Crippen LogP contribution in [-0.4, -0.2) is 25.5 Å². The van der Waals surface area contributed by atoms with Gasteiger partial charge in [0.15, 0.2) is 0 Å². The standard InChI is InChI=1S/C14H22N4O2/c1-10(9-15)3-8-13(19)17-11-4-6-12(7-5-11)18-14(20)16-2/h4-7,10H,3,8-9,15H2,1-2H3,(H,17,19)(H2,16,18,20). The monoisotopic (exact) mass is 278 g/mol. The van der Waals surface area contributed by atoms with Crippen LogP contribution in [0.1, 0.15) is 19.8 Å².